The number of carbonyl (C=O) groups excluding carboxylic acids is 1. The van der Waals surface area contributed by atoms with Crippen molar-refractivity contribution in [2.45, 2.75) is 19.0 Å². The highest BCUT2D eigenvalue weighted by Gasteiger charge is 2.18. The van der Waals surface area contributed by atoms with E-state index in [1.807, 2.05) is 38.1 Å². The van der Waals surface area contributed by atoms with Crippen molar-refractivity contribution in [1.82, 2.24) is 19.6 Å². The second-order valence-electron chi connectivity index (χ2n) is 6.89. The van der Waals surface area contributed by atoms with Crippen molar-refractivity contribution in [1.29, 1.82) is 0 Å². The molecule has 0 atom stereocenters. The summed E-state index contributed by atoms with van der Waals surface area (Å²) < 4.78 is 15.7. The van der Waals surface area contributed by atoms with Gasteiger partial charge >= 0.3 is 0 Å². The molecule has 0 fully saturated rings. The zero-order chi connectivity index (χ0) is 22.0. The Kier molecular flexibility index (Phi) is 5.85. The Morgan fingerprint density at radius 1 is 1.16 bits per heavy atom. The van der Waals surface area contributed by atoms with Gasteiger partial charge in [0.15, 0.2) is 16.6 Å². The van der Waals surface area contributed by atoms with E-state index in [4.69, 9.17) is 0 Å². The lowest BCUT2D eigenvalue weighted by molar-refractivity contribution is -0.116. The molecule has 0 radical (unpaired) electrons. The van der Waals surface area contributed by atoms with Crippen LogP contribution < -0.4 is 10.5 Å². The fraction of sp³-hybridized carbons (Fsp3) is 0.182. The molecule has 7 nitrogen and oxygen atoms in total. The first-order valence-corrected chi connectivity index (χ1v) is 10.7. The smallest absolute Gasteiger partial charge is 0.266 e. The third-order valence-electron chi connectivity index (χ3n) is 4.69. The lowest BCUT2D eigenvalue weighted by Crippen LogP contribution is -2.32. The quantitative estimate of drug-likeness (QED) is 0.465. The molecular formula is C22H20FN5O2S. The molecular weight excluding hydrogens is 417 g/mol. The predicted octanol–water partition coefficient (Wildman–Crippen LogP) is 3.68. The van der Waals surface area contributed by atoms with Gasteiger partial charge in [-0.2, -0.15) is 0 Å². The summed E-state index contributed by atoms with van der Waals surface area (Å²) in [6.45, 7) is 4.40. The maximum Gasteiger partial charge on any atom is 0.266 e. The molecule has 0 saturated heterocycles. The number of amides is 1. The average Bonchev–Trinajstić information content (AvgIpc) is 3.13. The number of anilines is 1. The second-order valence-corrected chi connectivity index (χ2v) is 7.83. The lowest BCUT2D eigenvalue weighted by atomic mass is 10.2. The largest absolute Gasteiger partial charge is 0.312 e. The maximum absolute atomic E-state index is 14.3. The molecule has 1 N–H and O–H groups in total. The number of fused-ring (bicyclic) bond motifs is 1. The van der Waals surface area contributed by atoms with E-state index in [0.29, 0.717) is 17.3 Å². The number of benzene rings is 2. The van der Waals surface area contributed by atoms with E-state index in [-0.39, 0.29) is 28.6 Å². The third kappa shape index (κ3) is 4.36. The summed E-state index contributed by atoms with van der Waals surface area (Å²) in [6, 6.07) is 15.2. The predicted molar refractivity (Wildman–Crippen MR) is 119 cm³/mol. The molecule has 2 aromatic heterocycles. The van der Waals surface area contributed by atoms with E-state index in [1.165, 1.54) is 16.6 Å². The first-order chi connectivity index (χ1) is 15.0. The van der Waals surface area contributed by atoms with E-state index in [9.17, 15) is 14.0 Å². The number of nitrogens with zero attached hydrogens (tertiary/aromatic N) is 4. The normalized spacial score (nSPS) is 11.1. The van der Waals surface area contributed by atoms with Crippen LogP contribution in [-0.2, 0) is 4.79 Å². The SMILES string of the molecule is CCN(C(=O)CSc1nc(-c2ccccc2F)nc2cc(=O)[nH]n12)c1cccc(C)c1. The summed E-state index contributed by atoms with van der Waals surface area (Å²) in [7, 11) is 0. The Morgan fingerprint density at radius 2 is 1.97 bits per heavy atom. The number of aromatic nitrogens is 4. The maximum atomic E-state index is 14.3. The molecule has 1 amide bonds. The van der Waals surface area contributed by atoms with Gasteiger partial charge in [-0.1, -0.05) is 36.0 Å². The Balaban J connectivity index is 1.65. The van der Waals surface area contributed by atoms with Gasteiger partial charge < -0.3 is 4.90 Å². The molecule has 2 aromatic carbocycles. The summed E-state index contributed by atoms with van der Waals surface area (Å²) in [5.74, 6) is -0.330. The highest BCUT2D eigenvalue weighted by Crippen LogP contribution is 2.24. The summed E-state index contributed by atoms with van der Waals surface area (Å²) in [5, 5.41) is 2.97. The fourth-order valence-electron chi connectivity index (χ4n) is 3.25. The zero-order valence-electron chi connectivity index (χ0n) is 17.0. The van der Waals surface area contributed by atoms with Gasteiger partial charge in [-0.05, 0) is 43.7 Å². The van der Waals surface area contributed by atoms with Crippen LogP contribution in [0, 0.1) is 12.7 Å². The molecule has 2 heterocycles. The Labute approximate surface area is 181 Å². The van der Waals surface area contributed by atoms with Crippen LogP contribution in [0.4, 0.5) is 10.1 Å². The number of aryl methyl sites for hydroxylation is 1. The highest BCUT2D eigenvalue weighted by molar-refractivity contribution is 7.99. The van der Waals surface area contributed by atoms with Crippen LogP contribution >= 0.6 is 11.8 Å². The van der Waals surface area contributed by atoms with Gasteiger partial charge in [0.05, 0.1) is 11.3 Å². The molecule has 0 aliphatic carbocycles. The number of H-pyrrole nitrogens is 1. The summed E-state index contributed by atoms with van der Waals surface area (Å²) in [6.07, 6.45) is 0. The standard InChI is InChI=1S/C22H20FN5O2S/c1-3-27(15-8-6-7-14(2)11-15)20(30)13-31-22-25-21(16-9-4-5-10-17(16)23)24-18-12-19(29)26-28(18)22/h4-12H,3,13H2,1-2H3,(H,26,29). The number of hydrogen-bond donors (Lipinski definition) is 1. The van der Waals surface area contributed by atoms with Crippen LogP contribution in [0.3, 0.4) is 0 Å². The molecule has 0 spiro atoms. The van der Waals surface area contributed by atoms with Gasteiger partial charge in [0, 0.05) is 18.3 Å². The number of thioether (sulfide) groups is 1. The van der Waals surface area contributed by atoms with E-state index in [2.05, 4.69) is 15.1 Å². The molecule has 0 bridgehead atoms. The number of hydrogen-bond acceptors (Lipinski definition) is 5. The minimum atomic E-state index is -0.464. The number of aromatic amines is 1. The molecule has 0 saturated carbocycles. The summed E-state index contributed by atoms with van der Waals surface area (Å²) in [5.41, 5.74) is 2.06. The number of carbonyl (C=O) groups is 1. The number of nitrogens with one attached hydrogen (secondary N) is 1. The first kappa shape index (κ1) is 20.8. The van der Waals surface area contributed by atoms with E-state index in [1.54, 1.807) is 23.1 Å². The van der Waals surface area contributed by atoms with Crippen molar-refractivity contribution < 1.29 is 9.18 Å². The molecule has 4 aromatic rings. The average molecular weight is 438 g/mol. The van der Waals surface area contributed by atoms with Gasteiger partial charge in [-0.25, -0.2) is 18.9 Å². The topological polar surface area (TPSA) is 83.4 Å². The number of halogens is 1. The van der Waals surface area contributed by atoms with Crippen molar-refractivity contribution in [3.05, 3.63) is 76.3 Å². The van der Waals surface area contributed by atoms with Gasteiger partial charge in [-0.3, -0.25) is 14.7 Å². The Morgan fingerprint density at radius 3 is 2.71 bits per heavy atom. The fourth-order valence-corrected chi connectivity index (χ4v) is 4.07. The highest BCUT2D eigenvalue weighted by atomic mass is 32.2. The first-order valence-electron chi connectivity index (χ1n) is 9.71. The Hall–Kier alpha value is -3.46. The van der Waals surface area contributed by atoms with Gasteiger partial charge in [0.2, 0.25) is 5.91 Å². The van der Waals surface area contributed by atoms with Crippen molar-refractivity contribution in [3.63, 3.8) is 0 Å². The zero-order valence-corrected chi connectivity index (χ0v) is 17.8. The van der Waals surface area contributed by atoms with Crippen LogP contribution in [0.1, 0.15) is 12.5 Å². The Bertz CT molecular complexity index is 1320. The monoisotopic (exact) mass is 437 g/mol. The van der Waals surface area contributed by atoms with Crippen molar-refractivity contribution in [2.75, 3.05) is 17.2 Å². The summed E-state index contributed by atoms with van der Waals surface area (Å²) >= 11 is 1.16. The molecule has 0 unspecified atom stereocenters. The van der Waals surface area contributed by atoms with E-state index < -0.39 is 5.82 Å². The van der Waals surface area contributed by atoms with Crippen molar-refractivity contribution in [2.24, 2.45) is 0 Å². The molecule has 4 rings (SSSR count). The molecule has 31 heavy (non-hydrogen) atoms. The second kappa shape index (κ2) is 8.73. The van der Waals surface area contributed by atoms with Crippen LogP contribution in [0.5, 0.6) is 0 Å². The third-order valence-corrected chi connectivity index (χ3v) is 5.62. The van der Waals surface area contributed by atoms with Crippen LogP contribution in [0.15, 0.2) is 64.5 Å². The van der Waals surface area contributed by atoms with Crippen LogP contribution in [0.2, 0.25) is 0 Å². The van der Waals surface area contributed by atoms with E-state index in [0.717, 1.165) is 23.0 Å². The molecule has 0 aliphatic rings. The van der Waals surface area contributed by atoms with Gasteiger partial charge in [-0.15, -0.1) is 0 Å². The van der Waals surface area contributed by atoms with Crippen LogP contribution in [-0.4, -0.2) is 37.8 Å². The van der Waals surface area contributed by atoms with Crippen LogP contribution in [0.25, 0.3) is 17.0 Å². The molecule has 158 valence electrons. The minimum absolute atomic E-state index is 0.0881. The number of rotatable bonds is 6. The minimum Gasteiger partial charge on any atom is -0.312 e. The molecule has 9 heteroatoms. The van der Waals surface area contributed by atoms with Crippen molar-refractivity contribution in [3.8, 4) is 11.4 Å². The van der Waals surface area contributed by atoms with E-state index >= 15 is 0 Å². The lowest BCUT2D eigenvalue weighted by Gasteiger charge is -2.21. The summed E-state index contributed by atoms with van der Waals surface area (Å²) in [4.78, 5) is 35.2. The van der Waals surface area contributed by atoms with Gasteiger partial charge in [0.1, 0.15) is 5.82 Å². The van der Waals surface area contributed by atoms with Crippen molar-refractivity contribution >= 4 is 29.0 Å². The molecule has 0 aliphatic heterocycles. The van der Waals surface area contributed by atoms with Gasteiger partial charge in [0.25, 0.3) is 5.56 Å².